The molecule has 0 aromatic heterocycles. The van der Waals surface area contributed by atoms with E-state index in [1.54, 1.807) is 9.80 Å². The van der Waals surface area contributed by atoms with E-state index in [-0.39, 0.29) is 24.9 Å². The SMILES string of the molecule is CCCC(CBr)CN1CC(=O)N(CC)CC1=O. The molecule has 1 atom stereocenters. The van der Waals surface area contributed by atoms with E-state index in [2.05, 4.69) is 22.9 Å². The molecule has 98 valence electrons. The molecule has 1 aliphatic rings. The highest BCUT2D eigenvalue weighted by Gasteiger charge is 2.29. The van der Waals surface area contributed by atoms with E-state index < -0.39 is 0 Å². The van der Waals surface area contributed by atoms with Gasteiger partial charge < -0.3 is 9.80 Å². The van der Waals surface area contributed by atoms with Crippen LogP contribution in [0.3, 0.4) is 0 Å². The predicted octanol–water partition coefficient (Wildman–Crippen LogP) is 1.49. The first kappa shape index (κ1) is 14.5. The van der Waals surface area contributed by atoms with Gasteiger partial charge >= 0.3 is 0 Å². The molecule has 1 fully saturated rings. The molecule has 2 amide bonds. The molecule has 0 aliphatic carbocycles. The number of rotatable bonds is 6. The van der Waals surface area contributed by atoms with Gasteiger partial charge in [-0.3, -0.25) is 9.59 Å². The number of alkyl halides is 1. The van der Waals surface area contributed by atoms with Crippen molar-refractivity contribution in [3.8, 4) is 0 Å². The van der Waals surface area contributed by atoms with Crippen molar-refractivity contribution in [3.05, 3.63) is 0 Å². The van der Waals surface area contributed by atoms with Crippen LogP contribution in [0.1, 0.15) is 26.7 Å². The van der Waals surface area contributed by atoms with Crippen LogP contribution in [0.2, 0.25) is 0 Å². The fourth-order valence-electron chi connectivity index (χ4n) is 2.09. The molecule has 4 nitrogen and oxygen atoms in total. The average Bonchev–Trinajstić information content (AvgIpc) is 2.32. The van der Waals surface area contributed by atoms with Crippen molar-refractivity contribution in [2.24, 2.45) is 5.92 Å². The number of carbonyl (C=O) groups excluding carboxylic acids is 2. The van der Waals surface area contributed by atoms with Crippen LogP contribution < -0.4 is 0 Å². The van der Waals surface area contributed by atoms with E-state index in [1.807, 2.05) is 6.92 Å². The van der Waals surface area contributed by atoms with Crippen molar-refractivity contribution in [1.82, 2.24) is 9.80 Å². The summed E-state index contributed by atoms with van der Waals surface area (Å²) in [7, 11) is 0. The second kappa shape index (κ2) is 6.99. The number of hydrogen-bond acceptors (Lipinski definition) is 2. The number of nitrogens with zero attached hydrogens (tertiary/aromatic N) is 2. The summed E-state index contributed by atoms with van der Waals surface area (Å²) < 4.78 is 0. The summed E-state index contributed by atoms with van der Waals surface area (Å²) in [6.07, 6.45) is 2.19. The fraction of sp³-hybridized carbons (Fsp3) is 0.833. The number of amides is 2. The van der Waals surface area contributed by atoms with E-state index in [9.17, 15) is 9.59 Å². The monoisotopic (exact) mass is 304 g/mol. The van der Waals surface area contributed by atoms with Crippen molar-refractivity contribution in [3.63, 3.8) is 0 Å². The molecule has 17 heavy (non-hydrogen) atoms. The lowest BCUT2D eigenvalue weighted by molar-refractivity contribution is -0.150. The quantitative estimate of drug-likeness (QED) is 0.698. The third kappa shape index (κ3) is 3.98. The Labute approximate surface area is 111 Å². The Bertz CT molecular complexity index is 284. The van der Waals surface area contributed by atoms with Gasteiger partial charge in [-0.05, 0) is 19.3 Å². The summed E-state index contributed by atoms with van der Waals surface area (Å²) in [5.74, 6) is 0.593. The topological polar surface area (TPSA) is 40.6 Å². The third-order valence-electron chi connectivity index (χ3n) is 3.13. The maximum absolute atomic E-state index is 11.9. The van der Waals surface area contributed by atoms with Crippen molar-refractivity contribution in [2.45, 2.75) is 26.7 Å². The van der Waals surface area contributed by atoms with E-state index in [0.717, 1.165) is 18.2 Å². The van der Waals surface area contributed by atoms with Crippen LogP contribution in [0.25, 0.3) is 0 Å². The van der Waals surface area contributed by atoms with E-state index >= 15 is 0 Å². The Morgan fingerprint density at radius 1 is 1.18 bits per heavy atom. The summed E-state index contributed by atoms with van der Waals surface area (Å²) in [6.45, 7) is 5.85. The van der Waals surface area contributed by atoms with Gasteiger partial charge in [-0.2, -0.15) is 0 Å². The molecule has 1 heterocycles. The van der Waals surface area contributed by atoms with Crippen molar-refractivity contribution in [1.29, 1.82) is 0 Å². The molecule has 0 saturated carbocycles. The van der Waals surface area contributed by atoms with Crippen LogP contribution in [0.5, 0.6) is 0 Å². The molecule has 0 aromatic carbocycles. The largest absolute Gasteiger partial charge is 0.332 e. The fourth-order valence-corrected chi connectivity index (χ4v) is 2.62. The zero-order valence-electron chi connectivity index (χ0n) is 10.6. The first-order chi connectivity index (χ1) is 8.12. The molecule has 0 radical (unpaired) electrons. The highest BCUT2D eigenvalue weighted by atomic mass is 79.9. The average molecular weight is 305 g/mol. The van der Waals surface area contributed by atoms with Crippen LogP contribution >= 0.6 is 15.9 Å². The number of carbonyl (C=O) groups is 2. The minimum atomic E-state index is 0.0666. The number of likely N-dealkylation sites (N-methyl/N-ethyl adjacent to an activating group) is 1. The second-order valence-corrected chi connectivity index (χ2v) is 5.14. The zero-order valence-corrected chi connectivity index (χ0v) is 12.2. The van der Waals surface area contributed by atoms with Crippen LogP contribution in [0, 0.1) is 5.92 Å². The van der Waals surface area contributed by atoms with Crippen LogP contribution in [0.15, 0.2) is 0 Å². The van der Waals surface area contributed by atoms with Gasteiger partial charge in [-0.1, -0.05) is 29.3 Å². The van der Waals surface area contributed by atoms with E-state index in [1.165, 1.54) is 0 Å². The highest BCUT2D eigenvalue weighted by molar-refractivity contribution is 9.09. The van der Waals surface area contributed by atoms with Gasteiger partial charge in [0.15, 0.2) is 0 Å². The highest BCUT2D eigenvalue weighted by Crippen LogP contribution is 2.14. The summed E-state index contributed by atoms with van der Waals surface area (Å²) in [4.78, 5) is 26.9. The molecular formula is C12H21BrN2O2. The van der Waals surface area contributed by atoms with Gasteiger partial charge in [0.1, 0.15) is 0 Å². The maximum atomic E-state index is 11.9. The van der Waals surface area contributed by atoms with Gasteiger partial charge in [0.05, 0.1) is 13.1 Å². The Balaban J connectivity index is 2.54. The first-order valence-corrected chi connectivity index (χ1v) is 7.36. The molecule has 1 rings (SSSR count). The number of hydrogen-bond donors (Lipinski definition) is 0. The van der Waals surface area contributed by atoms with Crippen LogP contribution in [0.4, 0.5) is 0 Å². The van der Waals surface area contributed by atoms with E-state index in [4.69, 9.17) is 0 Å². The lowest BCUT2D eigenvalue weighted by Crippen LogP contribution is -2.54. The molecule has 5 heteroatoms. The molecule has 0 aromatic rings. The third-order valence-corrected chi connectivity index (χ3v) is 4.05. The maximum Gasteiger partial charge on any atom is 0.242 e. The van der Waals surface area contributed by atoms with Crippen molar-refractivity contribution >= 4 is 27.7 Å². The Morgan fingerprint density at radius 2 is 1.76 bits per heavy atom. The molecule has 1 unspecified atom stereocenters. The number of piperazine rings is 1. The molecule has 0 bridgehead atoms. The normalized spacial score (nSPS) is 18.8. The van der Waals surface area contributed by atoms with Gasteiger partial charge in [-0.15, -0.1) is 0 Å². The summed E-state index contributed by atoms with van der Waals surface area (Å²) in [5, 5.41) is 0.885. The predicted molar refractivity (Wildman–Crippen MR) is 71.0 cm³/mol. The molecule has 0 N–H and O–H groups in total. The Hall–Kier alpha value is -0.580. The van der Waals surface area contributed by atoms with Gasteiger partial charge in [0.2, 0.25) is 11.8 Å². The standard InChI is InChI=1S/C12H21BrN2O2/c1-3-5-10(6-13)7-15-9-11(16)14(4-2)8-12(15)17/h10H,3-9H2,1-2H3. The van der Waals surface area contributed by atoms with Crippen molar-refractivity contribution in [2.75, 3.05) is 31.5 Å². The van der Waals surface area contributed by atoms with Gasteiger partial charge in [0, 0.05) is 18.4 Å². The Kier molecular flexibility index (Phi) is 5.95. The molecule has 0 spiro atoms. The zero-order chi connectivity index (χ0) is 12.8. The molecule has 1 saturated heterocycles. The molecular weight excluding hydrogens is 284 g/mol. The summed E-state index contributed by atoms with van der Waals surface area (Å²) in [5.41, 5.74) is 0. The first-order valence-electron chi connectivity index (χ1n) is 6.23. The Morgan fingerprint density at radius 3 is 2.29 bits per heavy atom. The van der Waals surface area contributed by atoms with Gasteiger partial charge in [-0.25, -0.2) is 0 Å². The van der Waals surface area contributed by atoms with Crippen molar-refractivity contribution < 1.29 is 9.59 Å². The lowest BCUT2D eigenvalue weighted by Gasteiger charge is -2.35. The summed E-state index contributed by atoms with van der Waals surface area (Å²) >= 11 is 3.47. The minimum Gasteiger partial charge on any atom is -0.332 e. The summed E-state index contributed by atoms with van der Waals surface area (Å²) in [6, 6.07) is 0. The van der Waals surface area contributed by atoms with E-state index in [0.29, 0.717) is 19.0 Å². The van der Waals surface area contributed by atoms with Crippen LogP contribution in [-0.2, 0) is 9.59 Å². The lowest BCUT2D eigenvalue weighted by atomic mass is 10.1. The van der Waals surface area contributed by atoms with Gasteiger partial charge in [0.25, 0.3) is 0 Å². The molecule has 1 aliphatic heterocycles. The minimum absolute atomic E-state index is 0.0666. The second-order valence-electron chi connectivity index (χ2n) is 4.49. The number of halogens is 1. The van der Waals surface area contributed by atoms with Crippen LogP contribution in [-0.4, -0.2) is 53.1 Å². The smallest absolute Gasteiger partial charge is 0.242 e.